The molecule has 0 unspecified atom stereocenters. The molecule has 24 heavy (non-hydrogen) atoms. The highest BCUT2D eigenvalue weighted by Crippen LogP contribution is 2.29. The standard InChI is InChI=1S/C13H11FO2.C7H7Br/c14-11-7-4-8-12(15)13(11)16-9-10-5-2-1-3-6-10;8-6-7-4-2-1-3-5-7/h1-8,15H,9H2;1-5H,6H2. The zero-order valence-corrected chi connectivity index (χ0v) is 14.6. The van der Waals surface area contributed by atoms with Crippen molar-refractivity contribution in [2.45, 2.75) is 11.9 Å². The lowest BCUT2D eigenvalue weighted by molar-refractivity contribution is 0.273. The first-order chi connectivity index (χ1) is 11.7. The third-order valence-corrected chi connectivity index (χ3v) is 3.82. The number of benzene rings is 3. The fourth-order valence-electron chi connectivity index (χ4n) is 1.94. The lowest BCUT2D eigenvalue weighted by Crippen LogP contribution is -1.97. The topological polar surface area (TPSA) is 29.5 Å². The van der Waals surface area contributed by atoms with Gasteiger partial charge in [0.25, 0.3) is 0 Å². The number of aromatic hydroxyl groups is 1. The molecule has 0 radical (unpaired) electrons. The Kier molecular flexibility index (Phi) is 7.30. The molecule has 3 aromatic carbocycles. The van der Waals surface area contributed by atoms with Gasteiger partial charge < -0.3 is 9.84 Å². The van der Waals surface area contributed by atoms with E-state index in [1.807, 2.05) is 48.5 Å². The quantitative estimate of drug-likeness (QED) is 0.581. The molecule has 2 nitrogen and oxygen atoms in total. The van der Waals surface area contributed by atoms with Crippen LogP contribution in [0.15, 0.2) is 78.9 Å². The molecule has 0 amide bonds. The zero-order valence-electron chi connectivity index (χ0n) is 13.0. The van der Waals surface area contributed by atoms with E-state index in [1.165, 1.54) is 23.8 Å². The van der Waals surface area contributed by atoms with Crippen LogP contribution in [0.5, 0.6) is 11.5 Å². The van der Waals surface area contributed by atoms with Crippen LogP contribution in [0.1, 0.15) is 11.1 Å². The van der Waals surface area contributed by atoms with Crippen LogP contribution in [0.25, 0.3) is 0 Å². The van der Waals surface area contributed by atoms with Gasteiger partial charge in [-0.15, -0.1) is 0 Å². The molecule has 0 heterocycles. The van der Waals surface area contributed by atoms with Crippen molar-refractivity contribution >= 4 is 15.9 Å². The maximum Gasteiger partial charge on any atom is 0.197 e. The predicted octanol–water partition coefficient (Wildman–Crippen LogP) is 5.69. The molecule has 0 spiro atoms. The summed E-state index contributed by atoms with van der Waals surface area (Å²) in [7, 11) is 0. The number of alkyl halides is 1. The van der Waals surface area contributed by atoms with Crippen LogP contribution in [-0.4, -0.2) is 5.11 Å². The number of hydrogen-bond acceptors (Lipinski definition) is 2. The third-order valence-electron chi connectivity index (χ3n) is 3.17. The molecule has 3 rings (SSSR count). The first kappa shape index (κ1) is 18.0. The van der Waals surface area contributed by atoms with Gasteiger partial charge in [0.05, 0.1) is 0 Å². The van der Waals surface area contributed by atoms with Crippen LogP contribution in [0.3, 0.4) is 0 Å². The highest BCUT2D eigenvalue weighted by atomic mass is 79.9. The summed E-state index contributed by atoms with van der Waals surface area (Å²) in [6.07, 6.45) is 0. The van der Waals surface area contributed by atoms with Crippen LogP contribution in [0, 0.1) is 5.82 Å². The minimum atomic E-state index is -0.559. The van der Waals surface area contributed by atoms with E-state index in [-0.39, 0.29) is 18.1 Å². The molecule has 124 valence electrons. The number of rotatable bonds is 4. The van der Waals surface area contributed by atoms with Gasteiger partial charge in [0.2, 0.25) is 0 Å². The summed E-state index contributed by atoms with van der Waals surface area (Å²) in [6, 6.07) is 23.7. The van der Waals surface area contributed by atoms with Gasteiger partial charge in [0, 0.05) is 5.33 Å². The van der Waals surface area contributed by atoms with Gasteiger partial charge in [0.15, 0.2) is 17.3 Å². The largest absolute Gasteiger partial charge is 0.504 e. The van der Waals surface area contributed by atoms with Crippen LogP contribution >= 0.6 is 15.9 Å². The highest BCUT2D eigenvalue weighted by Gasteiger charge is 2.08. The van der Waals surface area contributed by atoms with Crippen molar-refractivity contribution in [1.82, 2.24) is 0 Å². The van der Waals surface area contributed by atoms with E-state index in [1.54, 1.807) is 0 Å². The Morgan fingerprint density at radius 3 is 1.88 bits per heavy atom. The molecule has 0 saturated carbocycles. The van der Waals surface area contributed by atoms with Gasteiger partial charge >= 0.3 is 0 Å². The molecule has 4 heteroatoms. The lowest BCUT2D eigenvalue weighted by atomic mass is 10.2. The van der Waals surface area contributed by atoms with E-state index in [0.29, 0.717) is 0 Å². The molecular weight excluding hydrogens is 371 g/mol. The Labute approximate surface area is 149 Å². The van der Waals surface area contributed by atoms with E-state index in [9.17, 15) is 9.50 Å². The molecule has 0 aliphatic carbocycles. The second-order valence-electron chi connectivity index (χ2n) is 4.98. The first-order valence-electron chi connectivity index (χ1n) is 7.45. The lowest BCUT2D eigenvalue weighted by Gasteiger charge is -2.08. The molecule has 0 aliphatic heterocycles. The average molecular weight is 389 g/mol. The van der Waals surface area contributed by atoms with Crippen molar-refractivity contribution in [2.24, 2.45) is 0 Å². The van der Waals surface area contributed by atoms with Gasteiger partial charge in [-0.05, 0) is 23.3 Å². The SMILES string of the molecule is BrCc1ccccc1.Oc1cccc(F)c1OCc1ccccc1. The number of hydrogen-bond donors (Lipinski definition) is 1. The molecule has 0 saturated heterocycles. The van der Waals surface area contributed by atoms with Crippen LogP contribution in [0.4, 0.5) is 4.39 Å². The third kappa shape index (κ3) is 5.70. The number of phenolic OH excluding ortho intramolecular Hbond substituents is 1. The van der Waals surface area contributed by atoms with Gasteiger partial charge in [-0.2, -0.15) is 0 Å². The second-order valence-corrected chi connectivity index (χ2v) is 5.54. The normalized spacial score (nSPS) is 9.75. The maximum absolute atomic E-state index is 13.3. The van der Waals surface area contributed by atoms with E-state index < -0.39 is 5.82 Å². The Bertz CT molecular complexity index is 713. The summed E-state index contributed by atoms with van der Waals surface area (Å²) in [5, 5.41) is 10.4. The molecule has 0 aromatic heterocycles. The van der Waals surface area contributed by atoms with E-state index in [0.717, 1.165) is 10.9 Å². The number of phenols is 1. The predicted molar refractivity (Wildman–Crippen MR) is 97.9 cm³/mol. The van der Waals surface area contributed by atoms with Crippen molar-refractivity contribution in [3.8, 4) is 11.5 Å². The Balaban J connectivity index is 0.000000219. The molecule has 0 fully saturated rings. The molecule has 1 N–H and O–H groups in total. The molecule has 0 atom stereocenters. The molecule has 0 bridgehead atoms. The fraction of sp³-hybridized carbons (Fsp3) is 0.100. The van der Waals surface area contributed by atoms with Crippen molar-refractivity contribution in [3.63, 3.8) is 0 Å². The van der Waals surface area contributed by atoms with Gasteiger partial charge in [0.1, 0.15) is 6.61 Å². The smallest absolute Gasteiger partial charge is 0.197 e. The Morgan fingerprint density at radius 1 is 0.792 bits per heavy atom. The molecule has 3 aromatic rings. The average Bonchev–Trinajstić information content (AvgIpc) is 2.63. The zero-order chi connectivity index (χ0) is 17.2. The van der Waals surface area contributed by atoms with Crippen molar-refractivity contribution in [2.75, 3.05) is 0 Å². The Hall–Kier alpha value is -2.33. The number of halogens is 2. The maximum atomic E-state index is 13.3. The molecule has 0 aliphatic rings. The summed E-state index contributed by atoms with van der Waals surface area (Å²) in [4.78, 5) is 0. The molecular formula is C20H18BrFO2. The van der Waals surface area contributed by atoms with Gasteiger partial charge in [-0.25, -0.2) is 4.39 Å². The summed E-state index contributed by atoms with van der Waals surface area (Å²) < 4.78 is 18.5. The summed E-state index contributed by atoms with van der Waals surface area (Å²) in [5.74, 6) is -0.849. The first-order valence-corrected chi connectivity index (χ1v) is 8.57. The summed E-state index contributed by atoms with van der Waals surface area (Å²) in [6.45, 7) is 0.231. The van der Waals surface area contributed by atoms with Crippen molar-refractivity contribution < 1.29 is 14.2 Å². The van der Waals surface area contributed by atoms with Gasteiger partial charge in [-0.1, -0.05) is 82.7 Å². The van der Waals surface area contributed by atoms with Gasteiger partial charge in [-0.3, -0.25) is 0 Å². The second kappa shape index (κ2) is 9.73. The fourth-order valence-corrected chi connectivity index (χ4v) is 2.31. The van der Waals surface area contributed by atoms with E-state index >= 15 is 0 Å². The minimum Gasteiger partial charge on any atom is -0.504 e. The van der Waals surface area contributed by atoms with Crippen molar-refractivity contribution in [1.29, 1.82) is 0 Å². The van der Waals surface area contributed by atoms with Crippen molar-refractivity contribution in [3.05, 3.63) is 95.8 Å². The minimum absolute atomic E-state index is 0.105. The van der Waals surface area contributed by atoms with Crippen LogP contribution in [0.2, 0.25) is 0 Å². The number of para-hydroxylation sites is 1. The van der Waals surface area contributed by atoms with Crippen LogP contribution in [-0.2, 0) is 11.9 Å². The van der Waals surface area contributed by atoms with Crippen LogP contribution < -0.4 is 4.74 Å². The monoisotopic (exact) mass is 388 g/mol. The highest BCUT2D eigenvalue weighted by molar-refractivity contribution is 9.08. The van der Waals surface area contributed by atoms with E-state index in [4.69, 9.17) is 4.74 Å². The van der Waals surface area contributed by atoms with E-state index in [2.05, 4.69) is 28.1 Å². The summed E-state index contributed by atoms with van der Waals surface area (Å²) in [5.41, 5.74) is 2.25. The Morgan fingerprint density at radius 2 is 1.38 bits per heavy atom. The number of ether oxygens (including phenoxy) is 1. The summed E-state index contributed by atoms with van der Waals surface area (Å²) >= 11 is 3.36.